The Morgan fingerprint density at radius 2 is 1.86 bits per heavy atom. The fourth-order valence-corrected chi connectivity index (χ4v) is 1.66. The standard InChI is InChI=1S/C12H9ClF4N4/c1-18-11-20-9(12(15,16)17)5-10(21-11)19-8-3-2-6(13)4-7(8)14/h2-5H,1H3,(H2,18,19,20,21). The van der Waals surface area contributed by atoms with Crippen molar-refractivity contribution < 1.29 is 17.6 Å². The monoisotopic (exact) mass is 320 g/mol. The van der Waals surface area contributed by atoms with E-state index in [2.05, 4.69) is 20.6 Å². The van der Waals surface area contributed by atoms with Crippen molar-refractivity contribution in [2.45, 2.75) is 6.18 Å². The second kappa shape index (κ2) is 5.72. The van der Waals surface area contributed by atoms with Crippen LogP contribution >= 0.6 is 11.6 Å². The van der Waals surface area contributed by atoms with E-state index < -0.39 is 17.7 Å². The van der Waals surface area contributed by atoms with Crippen molar-refractivity contribution in [2.24, 2.45) is 0 Å². The number of nitrogens with one attached hydrogen (secondary N) is 2. The Morgan fingerprint density at radius 3 is 2.43 bits per heavy atom. The van der Waals surface area contributed by atoms with Crippen LogP contribution in [0.25, 0.3) is 0 Å². The van der Waals surface area contributed by atoms with Gasteiger partial charge < -0.3 is 10.6 Å². The van der Waals surface area contributed by atoms with Crippen LogP contribution in [0.3, 0.4) is 0 Å². The third kappa shape index (κ3) is 3.72. The van der Waals surface area contributed by atoms with Crippen LogP contribution < -0.4 is 10.6 Å². The first-order valence-electron chi connectivity index (χ1n) is 5.65. The number of hydrogen-bond acceptors (Lipinski definition) is 4. The van der Waals surface area contributed by atoms with Gasteiger partial charge in [-0.15, -0.1) is 0 Å². The molecule has 0 saturated carbocycles. The number of rotatable bonds is 3. The zero-order chi connectivity index (χ0) is 15.6. The third-order valence-electron chi connectivity index (χ3n) is 2.43. The lowest BCUT2D eigenvalue weighted by Crippen LogP contribution is -2.12. The third-order valence-corrected chi connectivity index (χ3v) is 2.67. The minimum atomic E-state index is -4.64. The molecule has 0 fully saturated rings. The first kappa shape index (κ1) is 15.3. The van der Waals surface area contributed by atoms with Crippen LogP contribution in [0.1, 0.15) is 5.69 Å². The largest absolute Gasteiger partial charge is 0.433 e. The SMILES string of the molecule is CNc1nc(Nc2ccc(Cl)cc2F)cc(C(F)(F)F)n1. The van der Waals surface area contributed by atoms with E-state index in [0.717, 1.165) is 6.07 Å². The van der Waals surface area contributed by atoms with Crippen LogP contribution in [0, 0.1) is 5.82 Å². The van der Waals surface area contributed by atoms with Gasteiger partial charge in [-0.2, -0.15) is 18.2 Å². The lowest BCUT2D eigenvalue weighted by molar-refractivity contribution is -0.141. The van der Waals surface area contributed by atoms with Crippen LogP contribution in [0.2, 0.25) is 5.02 Å². The van der Waals surface area contributed by atoms with Crippen molar-refractivity contribution in [1.82, 2.24) is 9.97 Å². The molecule has 2 N–H and O–H groups in total. The Labute approximate surface area is 122 Å². The van der Waals surface area contributed by atoms with Gasteiger partial charge in [0.1, 0.15) is 11.6 Å². The van der Waals surface area contributed by atoms with Gasteiger partial charge in [0.25, 0.3) is 0 Å². The number of anilines is 3. The fourth-order valence-electron chi connectivity index (χ4n) is 1.50. The minimum Gasteiger partial charge on any atom is -0.357 e. The summed E-state index contributed by atoms with van der Waals surface area (Å²) in [5.41, 5.74) is -1.19. The van der Waals surface area contributed by atoms with Crippen LogP contribution in [-0.2, 0) is 6.18 Å². The predicted octanol–water partition coefficient (Wildman–Crippen LogP) is 4.07. The van der Waals surface area contributed by atoms with Crippen molar-refractivity contribution in [2.75, 3.05) is 17.7 Å². The Kier molecular flexibility index (Phi) is 4.17. The zero-order valence-electron chi connectivity index (χ0n) is 10.6. The van der Waals surface area contributed by atoms with Crippen molar-refractivity contribution in [3.8, 4) is 0 Å². The molecule has 0 amide bonds. The van der Waals surface area contributed by atoms with Crippen LogP contribution in [0.15, 0.2) is 24.3 Å². The maximum Gasteiger partial charge on any atom is 0.433 e. The number of benzene rings is 1. The molecule has 112 valence electrons. The Bertz CT molecular complexity index is 660. The molecule has 21 heavy (non-hydrogen) atoms. The molecule has 0 bridgehead atoms. The number of aromatic nitrogens is 2. The maximum absolute atomic E-state index is 13.6. The molecule has 0 unspecified atom stereocenters. The first-order valence-corrected chi connectivity index (χ1v) is 6.03. The van der Waals surface area contributed by atoms with E-state index in [9.17, 15) is 17.6 Å². The summed E-state index contributed by atoms with van der Waals surface area (Å²) in [4.78, 5) is 7.09. The van der Waals surface area contributed by atoms with E-state index in [1.807, 2.05) is 0 Å². The second-order valence-corrected chi connectivity index (χ2v) is 4.40. The first-order chi connectivity index (χ1) is 9.79. The summed E-state index contributed by atoms with van der Waals surface area (Å²) >= 11 is 5.60. The number of alkyl halides is 3. The van der Waals surface area contributed by atoms with Gasteiger partial charge in [0.05, 0.1) is 5.69 Å². The highest BCUT2D eigenvalue weighted by molar-refractivity contribution is 6.30. The highest BCUT2D eigenvalue weighted by atomic mass is 35.5. The van der Waals surface area contributed by atoms with Gasteiger partial charge in [0.2, 0.25) is 5.95 Å². The van der Waals surface area contributed by atoms with Crippen molar-refractivity contribution in [3.05, 3.63) is 40.8 Å². The smallest absolute Gasteiger partial charge is 0.357 e. The lowest BCUT2D eigenvalue weighted by Gasteiger charge is -2.12. The molecular formula is C12H9ClF4N4. The van der Waals surface area contributed by atoms with Crippen LogP contribution in [0.4, 0.5) is 35.0 Å². The van der Waals surface area contributed by atoms with E-state index in [1.165, 1.54) is 19.2 Å². The van der Waals surface area contributed by atoms with Crippen molar-refractivity contribution >= 4 is 29.1 Å². The summed E-state index contributed by atoms with van der Waals surface area (Å²) in [5, 5.41) is 5.05. The van der Waals surface area contributed by atoms with E-state index in [-0.39, 0.29) is 22.5 Å². The molecule has 0 aliphatic carbocycles. The summed E-state index contributed by atoms with van der Waals surface area (Å²) < 4.78 is 51.8. The molecule has 4 nitrogen and oxygen atoms in total. The number of nitrogens with zero attached hydrogens (tertiary/aromatic N) is 2. The molecular weight excluding hydrogens is 312 g/mol. The topological polar surface area (TPSA) is 49.8 Å². The molecule has 2 rings (SSSR count). The quantitative estimate of drug-likeness (QED) is 0.837. The Balaban J connectivity index is 2.39. The number of hydrogen-bond donors (Lipinski definition) is 2. The summed E-state index contributed by atoms with van der Waals surface area (Å²) in [5.74, 6) is -1.13. The Hall–Kier alpha value is -2.09. The molecule has 0 saturated heterocycles. The van der Waals surface area contributed by atoms with Gasteiger partial charge in [-0.1, -0.05) is 11.6 Å². The van der Waals surface area contributed by atoms with E-state index in [4.69, 9.17) is 11.6 Å². The highest BCUT2D eigenvalue weighted by Crippen LogP contribution is 2.31. The molecule has 1 heterocycles. The van der Waals surface area contributed by atoms with E-state index in [0.29, 0.717) is 6.07 Å². The molecule has 0 aliphatic heterocycles. The average molecular weight is 321 g/mol. The van der Waals surface area contributed by atoms with E-state index in [1.54, 1.807) is 0 Å². The molecule has 0 spiro atoms. The summed E-state index contributed by atoms with van der Waals surface area (Å²) in [6.07, 6.45) is -4.64. The molecule has 2 aromatic rings. The number of halogens is 5. The van der Waals surface area contributed by atoms with Gasteiger partial charge in [0, 0.05) is 18.1 Å². The normalized spacial score (nSPS) is 11.3. The average Bonchev–Trinajstić information content (AvgIpc) is 2.40. The molecule has 0 atom stereocenters. The summed E-state index contributed by atoms with van der Waals surface area (Å²) in [6, 6.07) is 4.42. The van der Waals surface area contributed by atoms with Gasteiger partial charge in [-0.25, -0.2) is 9.37 Å². The lowest BCUT2D eigenvalue weighted by atomic mass is 10.3. The Morgan fingerprint density at radius 1 is 1.14 bits per heavy atom. The molecule has 1 aromatic heterocycles. The molecule has 0 aliphatic rings. The summed E-state index contributed by atoms with van der Waals surface area (Å²) in [6.45, 7) is 0. The second-order valence-electron chi connectivity index (χ2n) is 3.96. The molecule has 1 aromatic carbocycles. The van der Waals surface area contributed by atoms with Gasteiger partial charge in [-0.05, 0) is 18.2 Å². The fraction of sp³-hybridized carbons (Fsp3) is 0.167. The zero-order valence-corrected chi connectivity index (χ0v) is 11.3. The van der Waals surface area contributed by atoms with Gasteiger partial charge >= 0.3 is 6.18 Å². The maximum atomic E-state index is 13.6. The van der Waals surface area contributed by atoms with Gasteiger partial charge in [0.15, 0.2) is 5.69 Å². The minimum absolute atomic E-state index is 0.0479. The van der Waals surface area contributed by atoms with Gasteiger partial charge in [-0.3, -0.25) is 0 Å². The molecule has 9 heteroatoms. The van der Waals surface area contributed by atoms with Crippen molar-refractivity contribution in [3.63, 3.8) is 0 Å². The van der Waals surface area contributed by atoms with Crippen molar-refractivity contribution in [1.29, 1.82) is 0 Å². The summed E-state index contributed by atoms with van der Waals surface area (Å²) in [7, 11) is 1.38. The van der Waals surface area contributed by atoms with Crippen LogP contribution in [-0.4, -0.2) is 17.0 Å². The van der Waals surface area contributed by atoms with E-state index >= 15 is 0 Å². The van der Waals surface area contributed by atoms with Crippen LogP contribution in [0.5, 0.6) is 0 Å². The highest BCUT2D eigenvalue weighted by Gasteiger charge is 2.33. The predicted molar refractivity (Wildman–Crippen MR) is 71.3 cm³/mol. The molecule has 0 radical (unpaired) electrons.